The number of rotatable bonds is 5. The van der Waals surface area contributed by atoms with Gasteiger partial charge in [-0.1, -0.05) is 72.8 Å². The lowest BCUT2D eigenvalue weighted by Crippen LogP contribution is -2.05. The first-order chi connectivity index (χ1) is 30.5. The Hall–Kier alpha value is -7.64. The van der Waals surface area contributed by atoms with E-state index in [1.54, 1.807) is 26.0 Å². The van der Waals surface area contributed by atoms with Crippen molar-refractivity contribution >= 4 is 43.6 Å². The molecule has 7 aromatic carbocycles. The number of para-hydroxylation sites is 2. The highest BCUT2D eigenvalue weighted by Gasteiger charge is 2.32. The number of nitriles is 1. The number of alkyl halides is 6. The average molecular weight is 855 g/mol. The minimum Gasteiger partial charge on any atom is -0.309 e. The van der Waals surface area contributed by atoms with Crippen LogP contribution in [0.4, 0.5) is 26.3 Å². The first-order valence-electron chi connectivity index (χ1n) is 20.6. The Morgan fingerprint density at radius 1 is 0.438 bits per heavy atom. The third-order valence-electron chi connectivity index (χ3n) is 11.9. The molecule has 3 aromatic heterocycles. The summed E-state index contributed by atoms with van der Waals surface area (Å²) < 4.78 is 88.4. The third-order valence-corrected chi connectivity index (χ3v) is 11.9. The van der Waals surface area contributed by atoms with Crippen LogP contribution in [-0.4, -0.2) is 14.1 Å². The van der Waals surface area contributed by atoms with Gasteiger partial charge in [-0.3, -0.25) is 4.98 Å². The van der Waals surface area contributed by atoms with Crippen molar-refractivity contribution in [3.8, 4) is 50.8 Å². The first kappa shape index (κ1) is 40.4. The maximum atomic E-state index is 14.1. The summed E-state index contributed by atoms with van der Waals surface area (Å²) >= 11 is 0. The van der Waals surface area contributed by atoms with E-state index >= 15 is 0 Å². The number of hydrogen-bond acceptors (Lipinski definition) is 2. The molecule has 0 aliphatic heterocycles. The molecule has 0 fully saturated rings. The van der Waals surface area contributed by atoms with Crippen molar-refractivity contribution in [1.82, 2.24) is 14.1 Å². The molecule has 0 saturated heterocycles. The molecule has 0 unspecified atom stereocenters. The molecule has 64 heavy (non-hydrogen) atoms. The van der Waals surface area contributed by atoms with Crippen LogP contribution < -0.4 is 0 Å². The van der Waals surface area contributed by atoms with Crippen molar-refractivity contribution in [2.75, 3.05) is 0 Å². The van der Waals surface area contributed by atoms with Gasteiger partial charge >= 0.3 is 12.4 Å². The normalized spacial score (nSPS) is 12.2. The SMILES string of the molecule is Cc1cc(-c2ccc3c4ccccc4n(-c4cc(-c5cc(C)nc(C)c5)c(-n5c6ccccc6c6ccc(-c7cc(C)cc(C(F)(F)F)c7)cc65)cc4C#N)c3c2)cc(C(F)(F)F)c1. The third kappa shape index (κ3) is 6.85. The van der Waals surface area contributed by atoms with E-state index in [0.717, 1.165) is 78.8 Å². The van der Waals surface area contributed by atoms with Crippen LogP contribution >= 0.6 is 0 Å². The maximum absolute atomic E-state index is 14.1. The van der Waals surface area contributed by atoms with Crippen LogP contribution in [0.25, 0.3) is 88.4 Å². The van der Waals surface area contributed by atoms with Crippen molar-refractivity contribution < 1.29 is 26.3 Å². The van der Waals surface area contributed by atoms with Crippen molar-refractivity contribution in [2.45, 2.75) is 40.0 Å². The molecular weight excluding hydrogens is 819 g/mol. The number of hydrogen-bond donors (Lipinski definition) is 0. The summed E-state index contributed by atoms with van der Waals surface area (Å²) in [6.07, 6.45) is -9.06. The van der Waals surface area contributed by atoms with Crippen LogP contribution in [0.15, 0.2) is 146 Å². The number of benzene rings is 7. The van der Waals surface area contributed by atoms with Gasteiger partial charge in [0.05, 0.1) is 50.1 Å². The second-order valence-corrected chi connectivity index (χ2v) is 16.5. The van der Waals surface area contributed by atoms with Gasteiger partial charge < -0.3 is 9.13 Å². The second-order valence-electron chi connectivity index (χ2n) is 16.5. The molecule has 0 saturated carbocycles. The number of halogens is 6. The second kappa shape index (κ2) is 14.7. The van der Waals surface area contributed by atoms with E-state index in [1.165, 1.54) is 6.07 Å². The molecule has 4 nitrogen and oxygen atoms in total. The smallest absolute Gasteiger partial charge is 0.309 e. The molecule has 10 heteroatoms. The molecule has 3 heterocycles. The first-order valence-corrected chi connectivity index (χ1v) is 20.6. The summed E-state index contributed by atoms with van der Waals surface area (Å²) in [5, 5.41) is 14.7. The molecule has 0 N–H and O–H groups in total. The van der Waals surface area contributed by atoms with E-state index in [-0.39, 0.29) is 0 Å². The van der Waals surface area contributed by atoms with Crippen LogP contribution in [0.1, 0.15) is 39.2 Å². The predicted octanol–water partition coefficient (Wildman–Crippen LogP) is 15.4. The predicted molar refractivity (Wildman–Crippen MR) is 243 cm³/mol. The van der Waals surface area contributed by atoms with Gasteiger partial charge in [-0.15, -0.1) is 0 Å². The lowest BCUT2D eigenvalue weighted by molar-refractivity contribution is -0.138. The number of nitrogens with zero attached hydrogens (tertiary/aromatic N) is 4. The lowest BCUT2D eigenvalue weighted by Gasteiger charge is -2.19. The van der Waals surface area contributed by atoms with Crippen LogP contribution in [-0.2, 0) is 12.4 Å². The van der Waals surface area contributed by atoms with Crippen LogP contribution in [0, 0.1) is 39.0 Å². The minimum absolute atomic E-state index is 0.319. The van der Waals surface area contributed by atoms with Crippen molar-refractivity contribution in [1.29, 1.82) is 5.26 Å². The Balaban J connectivity index is 1.28. The largest absolute Gasteiger partial charge is 0.416 e. The van der Waals surface area contributed by atoms with Gasteiger partial charge in [-0.05, 0) is 139 Å². The zero-order valence-electron chi connectivity index (χ0n) is 34.9. The Labute approximate surface area is 363 Å². The van der Waals surface area contributed by atoms with Crippen LogP contribution in [0.5, 0.6) is 0 Å². The maximum Gasteiger partial charge on any atom is 0.416 e. The summed E-state index contributed by atoms with van der Waals surface area (Å²) in [7, 11) is 0. The van der Waals surface area contributed by atoms with E-state index in [9.17, 15) is 31.6 Å². The van der Waals surface area contributed by atoms with Crippen molar-refractivity contribution in [3.05, 3.63) is 185 Å². The number of aryl methyl sites for hydroxylation is 4. The minimum atomic E-state index is -4.53. The topological polar surface area (TPSA) is 46.5 Å². The highest BCUT2D eigenvalue weighted by Crippen LogP contribution is 2.43. The number of aromatic nitrogens is 3. The number of fused-ring (bicyclic) bond motifs is 6. The van der Waals surface area contributed by atoms with Gasteiger partial charge in [0, 0.05) is 38.5 Å². The van der Waals surface area contributed by atoms with Crippen LogP contribution in [0.3, 0.4) is 0 Å². The fourth-order valence-electron chi connectivity index (χ4n) is 9.30. The summed E-state index contributed by atoms with van der Waals surface area (Å²) in [5.74, 6) is 0. The molecule has 0 atom stereocenters. The Bertz CT molecular complexity index is 3580. The quantitative estimate of drug-likeness (QED) is 0.162. The van der Waals surface area contributed by atoms with E-state index in [0.29, 0.717) is 55.8 Å². The van der Waals surface area contributed by atoms with E-state index in [2.05, 4.69) is 15.6 Å². The number of pyridine rings is 1. The summed E-state index contributed by atoms with van der Waals surface area (Å²) in [6, 6.07) is 45.3. The molecule has 314 valence electrons. The van der Waals surface area contributed by atoms with Gasteiger partial charge in [0.25, 0.3) is 0 Å². The highest BCUT2D eigenvalue weighted by molar-refractivity contribution is 6.12. The highest BCUT2D eigenvalue weighted by atomic mass is 19.4. The summed E-state index contributed by atoms with van der Waals surface area (Å²) in [6.45, 7) is 7.11. The fraction of sp³-hybridized carbons (Fsp3) is 0.111. The molecule has 0 bridgehead atoms. The van der Waals surface area contributed by atoms with Crippen LogP contribution in [0.2, 0.25) is 0 Å². The molecule has 10 rings (SSSR count). The zero-order chi connectivity index (χ0) is 44.8. The molecule has 0 aliphatic carbocycles. The van der Waals surface area contributed by atoms with E-state index in [4.69, 9.17) is 0 Å². The molecule has 0 radical (unpaired) electrons. The fourth-order valence-corrected chi connectivity index (χ4v) is 9.30. The monoisotopic (exact) mass is 854 g/mol. The molecule has 0 spiro atoms. The van der Waals surface area contributed by atoms with E-state index < -0.39 is 23.5 Å². The van der Waals surface area contributed by atoms with Gasteiger partial charge in [0.15, 0.2) is 0 Å². The van der Waals surface area contributed by atoms with Gasteiger partial charge in [-0.2, -0.15) is 31.6 Å². The van der Waals surface area contributed by atoms with Gasteiger partial charge in [0.2, 0.25) is 0 Å². The molecular formula is C54H36F6N4. The van der Waals surface area contributed by atoms with Crippen molar-refractivity contribution in [3.63, 3.8) is 0 Å². The van der Waals surface area contributed by atoms with E-state index in [1.807, 2.05) is 128 Å². The Morgan fingerprint density at radius 2 is 0.891 bits per heavy atom. The average Bonchev–Trinajstić information content (AvgIpc) is 3.76. The van der Waals surface area contributed by atoms with Crippen molar-refractivity contribution in [2.24, 2.45) is 0 Å². The zero-order valence-corrected chi connectivity index (χ0v) is 34.9. The lowest BCUT2D eigenvalue weighted by atomic mass is 9.97. The summed E-state index contributed by atoms with van der Waals surface area (Å²) in [4.78, 5) is 4.67. The molecule has 0 aliphatic rings. The van der Waals surface area contributed by atoms with Gasteiger partial charge in [0.1, 0.15) is 6.07 Å². The summed E-state index contributed by atoms with van der Waals surface area (Å²) in [5.41, 5.74) is 9.20. The molecule has 0 amide bonds. The Morgan fingerprint density at radius 3 is 1.36 bits per heavy atom. The standard InChI is InChI=1S/C54H36F6N4/c1-30-17-36(23-40(19-30)53(55,56)57)34-13-15-44-42-9-5-7-11-47(42)63(50(44)25-34)49-28-46(38-21-32(3)62-33(4)22-38)52(27-39(49)29-61)64-48-12-8-6-10-43(48)45-16-14-35(26-51(45)64)37-18-31(2)20-41(24-37)54(58,59)60/h5-28H,1-4H3. The molecule has 10 aromatic rings. The Kier molecular flexibility index (Phi) is 9.31. The van der Waals surface area contributed by atoms with Gasteiger partial charge in [-0.25, -0.2) is 0 Å².